The Hall–Kier alpha value is -3.10. The molecule has 2 fully saturated rings. The number of urea groups is 1. The predicted octanol–water partition coefficient (Wildman–Crippen LogP) is 4.63. The molecule has 2 heterocycles. The quantitative estimate of drug-likeness (QED) is 0.393. The van der Waals surface area contributed by atoms with Gasteiger partial charge in [-0.25, -0.2) is 4.79 Å². The standard InChI is InChI=1S/C33H48N4O4/c1-26(2)22-31(35-33(39)37-16-8-3-4-9-17-37)32(38)34-29(24-36-18-20-40-21-19-36)23-27-12-14-30(15-13-27)41-25-28-10-6-5-7-11-28/h5-7,10-15,26,29,31H,3-4,8-9,16-25H2,1-2H3,(H,34,38)(H,35,39). The Morgan fingerprint density at radius 1 is 0.854 bits per heavy atom. The van der Waals surface area contributed by atoms with Gasteiger partial charge in [-0.2, -0.15) is 0 Å². The number of nitrogens with zero attached hydrogens (tertiary/aromatic N) is 2. The van der Waals surface area contributed by atoms with Crippen molar-refractivity contribution in [2.75, 3.05) is 45.9 Å². The van der Waals surface area contributed by atoms with Crippen LogP contribution in [0.25, 0.3) is 0 Å². The zero-order valence-electron chi connectivity index (χ0n) is 24.9. The first-order valence-electron chi connectivity index (χ1n) is 15.4. The molecule has 0 bridgehead atoms. The van der Waals surface area contributed by atoms with Crippen LogP contribution in [0.4, 0.5) is 4.79 Å². The number of likely N-dealkylation sites (tertiary alicyclic amines) is 1. The maximum atomic E-state index is 13.7. The van der Waals surface area contributed by atoms with E-state index < -0.39 is 6.04 Å². The lowest BCUT2D eigenvalue weighted by atomic mass is 10.0. The van der Waals surface area contributed by atoms with Gasteiger partial charge in [-0.15, -0.1) is 0 Å². The number of benzene rings is 2. The third kappa shape index (κ3) is 10.7. The van der Waals surface area contributed by atoms with Crippen molar-refractivity contribution >= 4 is 11.9 Å². The maximum Gasteiger partial charge on any atom is 0.318 e. The number of carbonyl (C=O) groups is 2. The SMILES string of the molecule is CC(C)CC(NC(=O)N1CCCCCC1)C(=O)NC(Cc1ccc(OCc2ccccc2)cc1)CN1CCOCC1. The average Bonchev–Trinajstić information content (AvgIpc) is 3.27. The van der Waals surface area contributed by atoms with Gasteiger partial charge in [0.05, 0.1) is 13.2 Å². The molecule has 2 atom stereocenters. The molecule has 0 aliphatic carbocycles. The predicted molar refractivity (Wildman–Crippen MR) is 162 cm³/mol. The van der Waals surface area contributed by atoms with Crippen LogP contribution in [0, 0.1) is 5.92 Å². The summed E-state index contributed by atoms with van der Waals surface area (Å²) in [5.41, 5.74) is 2.26. The Kier molecular flexibility index (Phi) is 12.3. The van der Waals surface area contributed by atoms with Crippen molar-refractivity contribution in [3.05, 3.63) is 65.7 Å². The second-order valence-electron chi connectivity index (χ2n) is 11.8. The topological polar surface area (TPSA) is 83.1 Å². The number of hydrogen-bond donors (Lipinski definition) is 2. The van der Waals surface area contributed by atoms with Crippen LogP contribution in [0.5, 0.6) is 5.75 Å². The molecule has 4 rings (SSSR count). The van der Waals surface area contributed by atoms with Gasteiger partial charge in [-0.05, 0) is 54.9 Å². The maximum absolute atomic E-state index is 13.7. The van der Waals surface area contributed by atoms with E-state index in [4.69, 9.17) is 9.47 Å². The Morgan fingerprint density at radius 3 is 2.20 bits per heavy atom. The largest absolute Gasteiger partial charge is 0.489 e. The number of hydrogen-bond acceptors (Lipinski definition) is 5. The minimum Gasteiger partial charge on any atom is -0.489 e. The Bertz CT molecular complexity index is 1050. The lowest BCUT2D eigenvalue weighted by molar-refractivity contribution is -0.124. The number of morpholine rings is 1. The summed E-state index contributed by atoms with van der Waals surface area (Å²) in [5.74, 6) is 0.985. The number of nitrogens with one attached hydrogen (secondary N) is 2. The molecular weight excluding hydrogens is 516 g/mol. The van der Waals surface area contributed by atoms with E-state index in [0.29, 0.717) is 32.7 Å². The van der Waals surface area contributed by atoms with Gasteiger partial charge in [0, 0.05) is 38.8 Å². The summed E-state index contributed by atoms with van der Waals surface area (Å²) in [6, 6.07) is 17.5. The Morgan fingerprint density at radius 2 is 1.54 bits per heavy atom. The summed E-state index contributed by atoms with van der Waals surface area (Å²) in [5, 5.41) is 6.39. The Labute approximate surface area is 245 Å². The fourth-order valence-corrected chi connectivity index (χ4v) is 5.52. The summed E-state index contributed by atoms with van der Waals surface area (Å²) in [4.78, 5) is 31.0. The molecule has 2 aromatic rings. The third-order valence-electron chi connectivity index (χ3n) is 7.80. The number of ether oxygens (including phenoxy) is 2. The van der Waals surface area contributed by atoms with Gasteiger partial charge >= 0.3 is 6.03 Å². The van der Waals surface area contributed by atoms with Crippen molar-refractivity contribution in [1.82, 2.24) is 20.4 Å². The van der Waals surface area contributed by atoms with E-state index in [1.54, 1.807) is 0 Å². The molecule has 2 aliphatic heterocycles. The Balaban J connectivity index is 1.39. The molecule has 0 radical (unpaired) electrons. The minimum atomic E-state index is -0.563. The monoisotopic (exact) mass is 564 g/mol. The second kappa shape index (κ2) is 16.4. The van der Waals surface area contributed by atoms with Crippen LogP contribution in [-0.4, -0.2) is 79.8 Å². The molecule has 224 valence electrons. The summed E-state index contributed by atoms with van der Waals surface area (Å²) >= 11 is 0. The zero-order valence-corrected chi connectivity index (χ0v) is 24.9. The van der Waals surface area contributed by atoms with Crippen molar-refractivity contribution in [2.45, 2.75) is 71.1 Å². The van der Waals surface area contributed by atoms with E-state index in [1.165, 1.54) is 0 Å². The fraction of sp³-hybridized carbons (Fsp3) is 0.576. The van der Waals surface area contributed by atoms with Crippen LogP contribution in [0.3, 0.4) is 0 Å². The summed E-state index contributed by atoms with van der Waals surface area (Å²) in [6.07, 6.45) is 5.64. The fourth-order valence-electron chi connectivity index (χ4n) is 5.52. The first-order chi connectivity index (χ1) is 20.0. The molecule has 41 heavy (non-hydrogen) atoms. The van der Waals surface area contributed by atoms with Crippen LogP contribution in [0.15, 0.2) is 54.6 Å². The lowest BCUT2D eigenvalue weighted by Gasteiger charge is -2.32. The van der Waals surface area contributed by atoms with Gasteiger partial charge in [0.25, 0.3) is 0 Å². The summed E-state index contributed by atoms with van der Waals surface area (Å²) < 4.78 is 11.5. The highest BCUT2D eigenvalue weighted by Crippen LogP contribution is 2.17. The molecule has 2 aliphatic rings. The molecule has 0 spiro atoms. The summed E-state index contributed by atoms with van der Waals surface area (Å²) in [7, 11) is 0. The first-order valence-corrected chi connectivity index (χ1v) is 15.4. The zero-order chi connectivity index (χ0) is 28.9. The van der Waals surface area contributed by atoms with Crippen molar-refractivity contribution < 1.29 is 19.1 Å². The molecule has 2 aromatic carbocycles. The van der Waals surface area contributed by atoms with E-state index in [0.717, 1.165) is 75.3 Å². The molecule has 0 saturated carbocycles. The van der Waals surface area contributed by atoms with Gasteiger partial charge in [0.15, 0.2) is 0 Å². The van der Waals surface area contributed by atoms with E-state index >= 15 is 0 Å². The van der Waals surface area contributed by atoms with E-state index in [9.17, 15) is 9.59 Å². The highest BCUT2D eigenvalue weighted by Gasteiger charge is 2.28. The van der Waals surface area contributed by atoms with Gasteiger partial charge in [-0.1, -0.05) is 69.2 Å². The van der Waals surface area contributed by atoms with Gasteiger partial charge < -0.3 is 25.0 Å². The smallest absolute Gasteiger partial charge is 0.318 e. The van der Waals surface area contributed by atoms with Crippen LogP contribution >= 0.6 is 0 Å². The van der Waals surface area contributed by atoms with Crippen molar-refractivity contribution in [3.63, 3.8) is 0 Å². The normalized spacial score (nSPS) is 17.9. The van der Waals surface area contributed by atoms with Gasteiger partial charge in [0.1, 0.15) is 18.4 Å². The first kappa shape index (κ1) is 30.8. The van der Waals surface area contributed by atoms with Gasteiger partial charge in [0.2, 0.25) is 5.91 Å². The highest BCUT2D eigenvalue weighted by molar-refractivity contribution is 5.87. The van der Waals surface area contributed by atoms with Crippen molar-refractivity contribution in [2.24, 2.45) is 5.92 Å². The highest BCUT2D eigenvalue weighted by atomic mass is 16.5. The van der Waals surface area contributed by atoms with Gasteiger partial charge in [-0.3, -0.25) is 9.69 Å². The molecule has 8 nitrogen and oxygen atoms in total. The van der Waals surface area contributed by atoms with E-state index in [-0.39, 0.29) is 23.9 Å². The molecule has 2 saturated heterocycles. The number of carbonyl (C=O) groups excluding carboxylic acids is 2. The molecular formula is C33H48N4O4. The molecule has 8 heteroatoms. The molecule has 2 unspecified atom stereocenters. The van der Waals surface area contributed by atoms with Crippen LogP contribution in [-0.2, 0) is 22.6 Å². The lowest BCUT2D eigenvalue weighted by Crippen LogP contribution is -2.56. The minimum absolute atomic E-state index is 0.0959. The third-order valence-corrected chi connectivity index (χ3v) is 7.80. The van der Waals surface area contributed by atoms with Crippen LogP contribution in [0.2, 0.25) is 0 Å². The molecule has 3 amide bonds. The van der Waals surface area contributed by atoms with Crippen LogP contribution in [0.1, 0.15) is 57.1 Å². The average molecular weight is 565 g/mol. The van der Waals surface area contributed by atoms with E-state index in [2.05, 4.69) is 53.6 Å². The second-order valence-corrected chi connectivity index (χ2v) is 11.8. The molecule has 2 N–H and O–H groups in total. The van der Waals surface area contributed by atoms with Crippen molar-refractivity contribution in [3.8, 4) is 5.75 Å². The van der Waals surface area contributed by atoms with Crippen molar-refractivity contribution in [1.29, 1.82) is 0 Å². The number of rotatable bonds is 12. The van der Waals surface area contributed by atoms with E-state index in [1.807, 2.05) is 35.2 Å². The molecule has 0 aromatic heterocycles. The van der Waals surface area contributed by atoms with Crippen LogP contribution < -0.4 is 15.4 Å². The summed E-state index contributed by atoms with van der Waals surface area (Å²) in [6.45, 7) is 10.0. The number of amides is 3.